The topological polar surface area (TPSA) is 38.0 Å². The maximum atomic E-state index is 10.4. The Kier molecular flexibility index (Phi) is 5.13. The normalized spacial score (nSPS) is 12.7. The first-order valence-electron chi connectivity index (χ1n) is 6.59. The summed E-state index contributed by atoms with van der Waals surface area (Å²) in [5.74, 6) is 0. The Balaban J connectivity index is 2.18. The van der Waals surface area contributed by atoms with Gasteiger partial charge in [-0.3, -0.25) is 4.68 Å². The van der Waals surface area contributed by atoms with E-state index in [1.807, 2.05) is 44.5 Å². The van der Waals surface area contributed by atoms with Gasteiger partial charge in [0, 0.05) is 18.4 Å². The number of hydrogen-bond donors (Lipinski definition) is 1. The molecule has 2 rings (SSSR count). The fraction of sp³-hybridized carbons (Fsp3) is 0.400. The molecule has 1 heterocycles. The largest absolute Gasteiger partial charge is 0.388 e. The molecule has 0 radical (unpaired) electrons. The van der Waals surface area contributed by atoms with Gasteiger partial charge in [0.15, 0.2) is 0 Å². The molecular formula is C15H19ClN2OS. The number of aromatic nitrogens is 2. The van der Waals surface area contributed by atoms with E-state index in [-0.39, 0.29) is 0 Å². The molecule has 0 aliphatic carbocycles. The molecule has 0 saturated heterocycles. The van der Waals surface area contributed by atoms with Gasteiger partial charge in [-0.25, -0.2) is 0 Å². The standard InChI is InChI=1S/C15H19ClN2OS/c1-4-12-15(16)13(18(2)17-12)9-14(19)10-5-7-11(20-3)8-6-10/h5-8,14,19H,4,9H2,1-3H3. The Morgan fingerprint density at radius 1 is 1.35 bits per heavy atom. The van der Waals surface area contributed by atoms with Gasteiger partial charge in [0.25, 0.3) is 0 Å². The molecule has 0 bridgehead atoms. The van der Waals surface area contributed by atoms with E-state index in [1.165, 1.54) is 4.90 Å². The summed E-state index contributed by atoms with van der Waals surface area (Å²) in [4.78, 5) is 1.19. The number of nitrogens with zero attached hydrogens (tertiary/aromatic N) is 2. The van der Waals surface area contributed by atoms with E-state index >= 15 is 0 Å². The number of rotatable bonds is 5. The Hall–Kier alpha value is -0.970. The first-order valence-corrected chi connectivity index (χ1v) is 8.19. The van der Waals surface area contributed by atoms with Gasteiger partial charge < -0.3 is 5.11 Å². The lowest BCUT2D eigenvalue weighted by Gasteiger charge is -2.12. The van der Waals surface area contributed by atoms with Crippen LogP contribution in [0.1, 0.15) is 30.0 Å². The summed E-state index contributed by atoms with van der Waals surface area (Å²) >= 11 is 8.00. The first-order chi connectivity index (χ1) is 9.56. The predicted molar refractivity (Wildman–Crippen MR) is 84.5 cm³/mol. The zero-order chi connectivity index (χ0) is 14.7. The number of benzene rings is 1. The molecule has 2 aromatic rings. The molecule has 0 saturated carbocycles. The molecule has 3 nitrogen and oxygen atoms in total. The van der Waals surface area contributed by atoms with Crippen molar-refractivity contribution >= 4 is 23.4 Å². The van der Waals surface area contributed by atoms with Gasteiger partial charge in [-0.2, -0.15) is 5.10 Å². The van der Waals surface area contributed by atoms with Gasteiger partial charge in [-0.15, -0.1) is 11.8 Å². The third-order valence-electron chi connectivity index (χ3n) is 3.39. The molecule has 1 N–H and O–H groups in total. The smallest absolute Gasteiger partial charge is 0.0850 e. The van der Waals surface area contributed by atoms with Crippen molar-refractivity contribution in [1.29, 1.82) is 0 Å². The third-order valence-corrected chi connectivity index (χ3v) is 4.57. The van der Waals surface area contributed by atoms with E-state index in [4.69, 9.17) is 11.6 Å². The van der Waals surface area contributed by atoms with Crippen LogP contribution < -0.4 is 0 Å². The molecule has 5 heteroatoms. The number of aliphatic hydroxyl groups is 1. The molecule has 20 heavy (non-hydrogen) atoms. The van der Waals surface area contributed by atoms with Crippen molar-refractivity contribution in [2.75, 3.05) is 6.26 Å². The average molecular weight is 311 g/mol. The Morgan fingerprint density at radius 2 is 2.00 bits per heavy atom. The summed E-state index contributed by atoms with van der Waals surface area (Å²) in [6, 6.07) is 7.96. The fourth-order valence-electron chi connectivity index (χ4n) is 2.17. The average Bonchev–Trinajstić information content (AvgIpc) is 2.74. The molecule has 0 fully saturated rings. The van der Waals surface area contributed by atoms with Gasteiger partial charge in [0.1, 0.15) is 0 Å². The van der Waals surface area contributed by atoms with Gasteiger partial charge >= 0.3 is 0 Å². The van der Waals surface area contributed by atoms with Crippen molar-refractivity contribution in [2.24, 2.45) is 7.05 Å². The number of halogens is 1. The second-order valence-electron chi connectivity index (χ2n) is 4.68. The van der Waals surface area contributed by atoms with Gasteiger partial charge in [0.05, 0.1) is 22.5 Å². The van der Waals surface area contributed by atoms with Crippen molar-refractivity contribution in [1.82, 2.24) is 9.78 Å². The van der Waals surface area contributed by atoms with Crippen LogP contribution in [0.25, 0.3) is 0 Å². The van der Waals surface area contributed by atoms with Crippen LogP contribution in [0, 0.1) is 0 Å². The lowest BCUT2D eigenvalue weighted by atomic mass is 10.0. The van der Waals surface area contributed by atoms with Crippen LogP contribution in [0.5, 0.6) is 0 Å². The number of hydrogen-bond acceptors (Lipinski definition) is 3. The molecule has 0 aliphatic rings. The third kappa shape index (κ3) is 3.19. The van der Waals surface area contributed by atoms with Crippen LogP contribution in [-0.2, 0) is 19.9 Å². The summed E-state index contributed by atoms with van der Waals surface area (Å²) in [6.45, 7) is 2.02. The van der Waals surface area contributed by atoms with Crippen LogP contribution in [-0.4, -0.2) is 21.1 Å². The van der Waals surface area contributed by atoms with Crippen molar-refractivity contribution in [2.45, 2.75) is 30.8 Å². The summed E-state index contributed by atoms with van der Waals surface area (Å²) in [7, 11) is 1.86. The highest BCUT2D eigenvalue weighted by molar-refractivity contribution is 7.98. The van der Waals surface area contributed by atoms with E-state index < -0.39 is 6.10 Å². The van der Waals surface area contributed by atoms with Crippen molar-refractivity contribution < 1.29 is 5.11 Å². The predicted octanol–water partition coefficient (Wildman–Crippen LogP) is 3.63. The molecular weight excluding hydrogens is 292 g/mol. The lowest BCUT2D eigenvalue weighted by Crippen LogP contribution is -2.06. The van der Waals surface area contributed by atoms with E-state index in [0.717, 1.165) is 23.4 Å². The van der Waals surface area contributed by atoms with Gasteiger partial charge in [-0.1, -0.05) is 30.7 Å². The number of aliphatic hydroxyl groups excluding tert-OH is 1. The fourth-order valence-corrected chi connectivity index (χ4v) is 2.95. The maximum Gasteiger partial charge on any atom is 0.0850 e. The van der Waals surface area contributed by atoms with E-state index in [1.54, 1.807) is 16.4 Å². The lowest BCUT2D eigenvalue weighted by molar-refractivity contribution is 0.176. The minimum absolute atomic E-state index is 0.473. The summed E-state index contributed by atoms with van der Waals surface area (Å²) in [6.07, 6.45) is 2.74. The highest BCUT2D eigenvalue weighted by Gasteiger charge is 2.17. The van der Waals surface area contributed by atoms with Gasteiger partial charge in [-0.05, 0) is 30.4 Å². The van der Waals surface area contributed by atoms with Crippen molar-refractivity contribution in [3.63, 3.8) is 0 Å². The van der Waals surface area contributed by atoms with E-state index in [0.29, 0.717) is 11.4 Å². The van der Waals surface area contributed by atoms with Crippen LogP contribution in [0.2, 0.25) is 5.02 Å². The SMILES string of the molecule is CCc1nn(C)c(CC(O)c2ccc(SC)cc2)c1Cl. The van der Waals surface area contributed by atoms with Gasteiger partial charge in [0.2, 0.25) is 0 Å². The first kappa shape index (κ1) is 15.4. The van der Waals surface area contributed by atoms with Crippen molar-refractivity contribution in [3.8, 4) is 0 Å². The molecule has 0 spiro atoms. The monoisotopic (exact) mass is 310 g/mol. The van der Waals surface area contributed by atoms with Crippen LogP contribution in [0.4, 0.5) is 0 Å². The molecule has 1 aromatic carbocycles. The Labute approximate surface area is 129 Å². The highest BCUT2D eigenvalue weighted by Crippen LogP contribution is 2.27. The second kappa shape index (κ2) is 6.66. The summed E-state index contributed by atoms with van der Waals surface area (Å²) in [5.41, 5.74) is 2.66. The zero-order valence-electron chi connectivity index (χ0n) is 11.9. The summed E-state index contributed by atoms with van der Waals surface area (Å²) in [5, 5.41) is 15.4. The maximum absolute atomic E-state index is 10.4. The zero-order valence-corrected chi connectivity index (χ0v) is 13.5. The molecule has 1 atom stereocenters. The highest BCUT2D eigenvalue weighted by atomic mass is 35.5. The minimum atomic E-state index is -0.566. The number of thioether (sulfide) groups is 1. The summed E-state index contributed by atoms with van der Waals surface area (Å²) < 4.78 is 1.76. The minimum Gasteiger partial charge on any atom is -0.388 e. The number of aryl methyl sites for hydroxylation is 2. The molecule has 108 valence electrons. The molecule has 0 amide bonds. The van der Waals surface area contributed by atoms with Crippen LogP contribution >= 0.6 is 23.4 Å². The van der Waals surface area contributed by atoms with E-state index in [9.17, 15) is 5.11 Å². The Bertz CT molecular complexity index is 580. The van der Waals surface area contributed by atoms with E-state index in [2.05, 4.69) is 5.10 Å². The molecule has 1 unspecified atom stereocenters. The van der Waals surface area contributed by atoms with Crippen LogP contribution in [0.15, 0.2) is 29.2 Å². The second-order valence-corrected chi connectivity index (χ2v) is 5.94. The molecule has 0 aliphatic heterocycles. The van der Waals surface area contributed by atoms with Crippen LogP contribution in [0.3, 0.4) is 0 Å². The Morgan fingerprint density at radius 3 is 2.50 bits per heavy atom. The quantitative estimate of drug-likeness (QED) is 0.857. The molecule has 1 aromatic heterocycles. The van der Waals surface area contributed by atoms with Crippen molar-refractivity contribution in [3.05, 3.63) is 46.2 Å².